The van der Waals surface area contributed by atoms with Crippen LogP contribution in [0.2, 0.25) is 0 Å². The number of nitrogens with one attached hydrogen (secondary N) is 1. The van der Waals surface area contributed by atoms with E-state index in [9.17, 15) is 8.42 Å². The van der Waals surface area contributed by atoms with Gasteiger partial charge >= 0.3 is 0 Å². The van der Waals surface area contributed by atoms with E-state index in [1.165, 1.54) is 17.5 Å². The topological polar surface area (TPSA) is 64.0 Å². The lowest BCUT2D eigenvalue weighted by atomic mass is 10.1. The third kappa shape index (κ3) is 4.62. The average molecular weight is 287 g/mol. The van der Waals surface area contributed by atoms with Crippen molar-refractivity contribution >= 4 is 9.84 Å². The second-order valence-electron chi connectivity index (χ2n) is 5.06. The van der Waals surface area contributed by atoms with Gasteiger partial charge in [0.1, 0.15) is 9.84 Å². The Morgan fingerprint density at radius 1 is 1.37 bits per heavy atom. The Morgan fingerprint density at radius 3 is 2.47 bits per heavy atom. The summed E-state index contributed by atoms with van der Waals surface area (Å²) >= 11 is 0. The first-order valence-corrected chi connectivity index (χ1v) is 8.77. The summed E-state index contributed by atoms with van der Waals surface area (Å²) in [4.78, 5) is 0. The number of aromatic nitrogens is 2. The van der Waals surface area contributed by atoms with Crippen LogP contribution in [0.5, 0.6) is 0 Å². The molecule has 110 valence electrons. The van der Waals surface area contributed by atoms with E-state index in [1.807, 2.05) is 11.6 Å². The maximum absolute atomic E-state index is 11.1. The van der Waals surface area contributed by atoms with Crippen LogP contribution >= 0.6 is 0 Å². The van der Waals surface area contributed by atoms with Crippen LogP contribution in [-0.2, 0) is 16.4 Å². The van der Waals surface area contributed by atoms with Crippen molar-refractivity contribution in [3.05, 3.63) is 17.0 Å². The summed E-state index contributed by atoms with van der Waals surface area (Å²) in [5, 5.41) is 7.87. The fraction of sp³-hybridized carbons (Fsp3) is 0.769. The Kier molecular flexibility index (Phi) is 5.55. The zero-order valence-electron chi connectivity index (χ0n) is 12.5. The van der Waals surface area contributed by atoms with Crippen molar-refractivity contribution < 1.29 is 8.42 Å². The van der Waals surface area contributed by atoms with Crippen molar-refractivity contribution in [1.82, 2.24) is 15.1 Å². The predicted octanol–water partition coefficient (Wildman–Crippen LogP) is 1.61. The predicted molar refractivity (Wildman–Crippen MR) is 78.1 cm³/mol. The van der Waals surface area contributed by atoms with E-state index in [0.717, 1.165) is 12.2 Å². The Morgan fingerprint density at radius 2 is 2.00 bits per heavy atom. The van der Waals surface area contributed by atoms with Gasteiger partial charge in [-0.15, -0.1) is 0 Å². The third-order valence-corrected chi connectivity index (χ3v) is 4.34. The molecule has 0 bridgehead atoms. The summed E-state index contributed by atoms with van der Waals surface area (Å²) in [6.07, 6.45) is 1.92. The monoisotopic (exact) mass is 287 g/mol. The summed E-state index contributed by atoms with van der Waals surface area (Å²) in [6, 6.07) is 0.194. The number of hydrogen-bond donors (Lipinski definition) is 1. The van der Waals surface area contributed by atoms with E-state index < -0.39 is 9.84 Å². The lowest BCUT2D eigenvalue weighted by molar-refractivity contribution is 0.556. The highest BCUT2D eigenvalue weighted by atomic mass is 32.2. The molecule has 0 radical (unpaired) electrons. The summed E-state index contributed by atoms with van der Waals surface area (Å²) in [5.41, 5.74) is 3.45. The zero-order chi connectivity index (χ0) is 14.6. The molecule has 0 saturated carbocycles. The Labute approximate surface area is 116 Å². The molecule has 0 spiro atoms. The van der Waals surface area contributed by atoms with Gasteiger partial charge in [-0.1, -0.05) is 0 Å². The van der Waals surface area contributed by atoms with E-state index in [4.69, 9.17) is 0 Å². The second-order valence-corrected chi connectivity index (χ2v) is 7.32. The number of hydrogen-bond acceptors (Lipinski definition) is 4. The molecular formula is C13H25N3O2S. The highest BCUT2D eigenvalue weighted by Crippen LogP contribution is 2.21. The molecule has 1 aromatic rings. The van der Waals surface area contributed by atoms with Gasteiger partial charge < -0.3 is 5.32 Å². The number of rotatable bonds is 7. The minimum absolute atomic E-state index is 0.194. The molecule has 19 heavy (non-hydrogen) atoms. The maximum Gasteiger partial charge on any atom is 0.147 e. The minimum Gasteiger partial charge on any atom is -0.310 e. The highest BCUT2D eigenvalue weighted by molar-refractivity contribution is 7.90. The minimum atomic E-state index is -2.86. The first-order chi connectivity index (χ1) is 8.76. The van der Waals surface area contributed by atoms with Crippen LogP contribution in [-0.4, -0.2) is 36.8 Å². The van der Waals surface area contributed by atoms with Gasteiger partial charge in [0.15, 0.2) is 0 Å². The van der Waals surface area contributed by atoms with Crippen molar-refractivity contribution in [2.45, 2.75) is 46.7 Å². The van der Waals surface area contributed by atoms with E-state index >= 15 is 0 Å². The van der Waals surface area contributed by atoms with Crippen LogP contribution in [0.15, 0.2) is 0 Å². The number of aryl methyl sites for hydroxylation is 2. The number of nitrogens with zero attached hydrogens (tertiary/aromatic N) is 2. The van der Waals surface area contributed by atoms with Crippen LogP contribution in [0.3, 0.4) is 0 Å². The first-order valence-electron chi connectivity index (χ1n) is 6.71. The second kappa shape index (κ2) is 6.52. The normalized spacial score (nSPS) is 13.7. The fourth-order valence-electron chi connectivity index (χ4n) is 2.40. The van der Waals surface area contributed by atoms with E-state index in [-0.39, 0.29) is 11.8 Å². The Bertz CT molecular complexity index is 520. The van der Waals surface area contributed by atoms with E-state index in [1.54, 1.807) is 0 Å². The molecule has 0 fully saturated rings. The molecule has 0 saturated heterocycles. The molecule has 1 N–H and O–H groups in total. The van der Waals surface area contributed by atoms with E-state index in [0.29, 0.717) is 13.0 Å². The molecule has 0 amide bonds. The molecule has 1 aromatic heterocycles. The van der Waals surface area contributed by atoms with Crippen molar-refractivity contribution in [3.8, 4) is 0 Å². The van der Waals surface area contributed by atoms with Gasteiger partial charge in [0.05, 0.1) is 11.4 Å². The van der Waals surface area contributed by atoms with Crippen LogP contribution in [0, 0.1) is 13.8 Å². The lowest BCUT2D eigenvalue weighted by Crippen LogP contribution is -2.22. The largest absolute Gasteiger partial charge is 0.310 e. The zero-order valence-corrected chi connectivity index (χ0v) is 13.3. The standard InChI is InChI=1S/C13H25N3O2S/c1-6-16-12(4)13(11(3)15-16)10(2)14-8-7-9-19(5,17)18/h10,14H,6-9H2,1-5H3. The summed E-state index contributed by atoms with van der Waals surface area (Å²) in [5.74, 6) is 0.235. The van der Waals surface area contributed by atoms with Gasteiger partial charge in [0.25, 0.3) is 0 Å². The molecular weight excluding hydrogens is 262 g/mol. The quantitative estimate of drug-likeness (QED) is 0.774. The summed E-state index contributed by atoms with van der Waals surface area (Å²) in [6.45, 7) is 9.83. The molecule has 0 aliphatic carbocycles. The van der Waals surface area contributed by atoms with Gasteiger partial charge in [-0.3, -0.25) is 4.68 Å². The molecule has 1 rings (SSSR count). The molecule has 0 aromatic carbocycles. The third-order valence-electron chi connectivity index (χ3n) is 3.31. The van der Waals surface area contributed by atoms with Gasteiger partial charge in [-0.2, -0.15) is 5.10 Å². The molecule has 1 heterocycles. The van der Waals surface area contributed by atoms with E-state index in [2.05, 4.69) is 31.2 Å². The van der Waals surface area contributed by atoms with Crippen LogP contribution in [0.1, 0.15) is 43.3 Å². The Balaban J connectivity index is 2.59. The molecule has 6 heteroatoms. The van der Waals surface area contributed by atoms with Crippen molar-refractivity contribution in [3.63, 3.8) is 0 Å². The summed E-state index contributed by atoms with van der Waals surface area (Å²) < 4.78 is 24.1. The molecule has 1 unspecified atom stereocenters. The van der Waals surface area contributed by atoms with Gasteiger partial charge in [0.2, 0.25) is 0 Å². The van der Waals surface area contributed by atoms with Gasteiger partial charge in [0, 0.05) is 30.1 Å². The summed E-state index contributed by atoms with van der Waals surface area (Å²) in [7, 11) is -2.86. The fourth-order valence-corrected chi connectivity index (χ4v) is 3.07. The van der Waals surface area contributed by atoms with Crippen molar-refractivity contribution in [1.29, 1.82) is 0 Å². The molecule has 0 aliphatic rings. The van der Waals surface area contributed by atoms with Gasteiger partial charge in [-0.05, 0) is 40.7 Å². The van der Waals surface area contributed by atoms with Crippen LogP contribution in [0.25, 0.3) is 0 Å². The first kappa shape index (κ1) is 16.2. The average Bonchev–Trinajstić information content (AvgIpc) is 2.58. The smallest absolute Gasteiger partial charge is 0.147 e. The van der Waals surface area contributed by atoms with Crippen LogP contribution < -0.4 is 5.32 Å². The SMILES string of the molecule is CCn1nc(C)c(C(C)NCCCS(C)(=O)=O)c1C. The number of sulfone groups is 1. The van der Waals surface area contributed by atoms with Crippen molar-refractivity contribution in [2.24, 2.45) is 0 Å². The lowest BCUT2D eigenvalue weighted by Gasteiger charge is -2.14. The Hall–Kier alpha value is -0.880. The molecule has 5 nitrogen and oxygen atoms in total. The molecule has 1 atom stereocenters. The molecule has 0 aliphatic heterocycles. The van der Waals surface area contributed by atoms with Crippen LogP contribution in [0.4, 0.5) is 0 Å². The highest BCUT2D eigenvalue weighted by Gasteiger charge is 2.16. The van der Waals surface area contributed by atoms with Gasteiger partial charge in [-0.25, -0.2) is 8.42 Å². The maximum atomic E-state index is 11.1. The van der Waals surface area contributed by atoms with Crippen molar-refractivity contribution in [2.75, 3.05) is 18.6 Å².